The van der Waals surface area contributed by atoms with E-state index in [4.69, 9.17) is 0 Å². The van der Waals surface area contributed by atoms with Crippen molar-refractivity contribution in [2.24, 2.45) is 0 Å². The van der Waals surface area contributed by atoms with E-state index < -0.39 is 0 Å². The first-order chi connectivity index (χ1) is 12.3. The lowest BCUT2D eigenvalue weighted by atomic mass is 9.87. The van der Waals surface area contributed by atoms with E-state index in [1.807, 2.05) is 0 Å². The molecule has 1 aliphatic carbocycles. The molecule has 2 aliphatic rings. The molecule has 0 spiro atoms. The van der Waals surface area contributed by atoms with Gasteiger partial charge >= 0.3 is 0 Å². The summed E-state index contributed by atoms with van der Waals surface area (Å²) in [5.41, 5.74) is 5.62. The molecule has 0 bridgehead atoms. The van der Waals surface area contributed by atoms with Crippen LogP contribution in [0.15, 0.2) is 24.3 Å². The van der Waals surface area contributed by atoms with Gasteiger partial charge in [-0.3, -0.25) is 9.89 Å². The number of carbonyl (C=O) groups is 1. The minimum absolute atomic E-state index is 0.0902. The number of rotatable bonds is 4. The van der Waals surface area contributed by atoms with E-state index in [2.05, 4.69) is 51.6 Å². The molecule has 1 atom stereocenters. The number of hydrogen-bond donors (Lipinski definition) is 2. The lowest BCUT2D eigenvalue weighted by Gasteiger charge is -2.35. The number of aromatic amines is 1. The Bertz CT molecular complexity index is 767. The minimum atomic E-state index is 0.0902. The smallest absolute Gasteiger partial charge is 0.274 e. The molecule has 25 heavy (non-hydrogen) atoms. The Morgan fingerprint density at radius 3 is 2.96 bits per heavy atom. The normalized spacial score (nSPS) is 19.2. The standard InChI is InChI=1S/C20H26N4O/c1-2-11-24(16-8-7-14-5-3-4-6-15(14)12-16)20(25)19-17-13-21-10-9-18(17)22-23-19/h3-6,16,21H,2,7-13H2,1H3,(H,22,23). The zero-order chi connectivity index (χ0) is 17.2. The van der Waals surface area contributed by atoms with Gasteiger partial charge < -0.3 is 10.2 Å². The molecule has 132 valence electrons. The Labute approximate surface area is 148 Å². The average Bonchev–Trinajstić information content (AvgIpc) is 3.09. The summed E-state index contributed by atoms with van der Waals surface area (Å²) < 4.78 is 0. The topological polar surface area (TPSA) is 61.0 Å². The van der Waals surface area contributed by atoms with Crippen LogP contribution in [0.4, 0.5) is 0 Å². The quantitative estimate of drug-likeness (QED) is 0.900. The summed E-state index contributed by atoms with van der Waals surface area (Å²) in [7, 11) is 0. The largest absolute Gasteiger partial charge is 0.334 e. The predicted octanol–water partition coefficient (Wildman–Crippen LogP) is 2.47. The van der Waals surface area contributed by atoms with E-state index in [0.29, 0.717) is 5.69 Å². The molecule has 5 heteroatoms. The maximum absolute atomic E-state index is 13.3. The minimum Gasteiger partial charge on any atom is -0.334 e. The van der Waals surface area contributed by atoms with Gasteiger partial charge in [0.1, 0.15) is 0 Å². The Balaban J connectivity index is 1.59. The van der Waals surface area contributed by atoms with Crippen molar-refractivity contribution in [3.05, 3.63) is 52.3 Å². The van der Waals surface area contributed by atoms with E-state index in [9.17, 15) is 4.79 Å². The third-order valence-corrected chi connectivity index (χ3v) is 5.50. The summed E-state index contributed by atoms with van der Waals surface area (Å²) in [6, 6.07) is 8.90. The first-order valence-corrected chi connectivity index (χ1v) is 9.42. The van der Waals surface area contributed by atoms with Gasteiger partial charge in [-0.25, -0.2) is 0 Å². The highest BCUT2D eigenvalue weighted by Gasteiger charge is 2.31. The molecule has 0 fully saturated rings. The van der Waals surface area contributed by atoms with Crippen LogP contribution in [0.5, 0.6) is 0 Å². The number of carbonyl (C=O) groups excluding carboxylic acids is 1. The van der Waals surface area contributed by atoms with Gasteiger partial charge in [0.05, 0.1) is 0 Å². The molecular weight excluding hydrogens is 312 g/mol. The van der Waals surface area contributed by atoms with Gasteiger partial charge in [0.25, 0.3) is 5.91 Å². The van der Waals surface area contributed by atoms with Crippen molar-refractivity contribution in [1.29, 1.82) is 0 Å². The summed E-state index contributed by atoms with van der Waals surface area (Å²) in [5.74, 6) is 0.0902. The lowest BCUT2D eigenvalue weighted by molar-refractivity contribution is 0.0654. The summed E-state index contributed by atoms with van der Waals surface area (Å²) >= 11 is 0. The molecule has 2 aromatic rings. The summed E-state index contributed by atoms with van der Waals surface area (Å²) in [6.07, 6.45) is 4.92. The zero-order valence-corrected chi connectivity index (χ0v) is 14.8. The number of benzene rings is 1. The van der Waals surface area contributed by atoms with Gasteiger partial charge in [-0.15, -0.1) is 0 Å². The molecule has 1 aromatic heterocycles. The van der Waals surface area contributed by atoms with Crippen molar-refractivity contribution < 1.29 is 4.79 Å². The number of nitrogens with zero attached hydrogens (tertiary/aromatic N) is 2. The highest BCUT2D eigenvalue weighted by atomic mass is 16.2. The molecule has 0 saturated carbocycles. The molecule has 1 unspecified atom stereocenters. The van der Waals surface area contributed by atoms with Crippen molar-refractivity contribution in [1.82, 2.24) is 20.4 Å². The van der Waals surface area contributed by atoms with Gasteiger partial charge in [0.15, 0.2) is 5.69 Å². The van der Waals surface area contributed by atoms with Crippen LogP contribution in [0.3, 0.4) is 0 Å². The number of aromatic nitrogens is 2. The second kappa shape index (κ2) is 7.00. The zero-order valence-electron chi connectivity index (χ0n) is 14.8. The number of amides is 1. The van der Waals surface area contributed by atoms with E-state index >= 15 is 0 Å². The Morgan fingerprint density at radius 2 is 2.12 bits per heavy atom. The van der Waals surface area contributed by atoms with Crippen LogP contribution in [-0.2, 0) is 25.8 Å². The summed E-state index contributed by atoms with van der Waals surface area (Å²) in [6.45, 7) is 4.61. The van der Waals surface area contributed by atoms with Crippen LogP contribution in [-0.4, -0.2) is 40.1 Å². The number of nitrogens with one attached hydrogen (secondary N) is 2. The maximum Gasteiger partial charge on any atom is 0.274 e. The Kier molecular flexibility index (Phi) is 4.57. The molecule has 2 heterocycles. The van der Waals surface area contributed by atoms with Crippen molar-refractivity contribution >= 4 is 5.91 Å². The molecule has 2 N–H and O–H groups in total. The Hall–Kier alpha value is -2.14. The lowest BCUT2D eigenvalue weighted by Crippen LogP contribution is -2.44. The van der Waals surface area contributed by atoms with E-state index in [1.165, 1.54) is 11.1 Å². The highest BCUT2D eigenvalue weighted by molar-refractivity contribution is 5.94. The second-order valence-corrected chi connectivity index (χ2v) is 7.12. The SMILES string of the molecule is CCCN(C(=O)c1n[nH]c2c1CNCC2)C1CCc2ccccc2C1. The summed E-state index contributed by atoms with van der Waals surface area (Å²) in [4.78, 5) is 15.4. The van der Waals surface area contributed by atoms with Crippen LogP contribution in [0.1, 0.15) is 52.6 Å². The molecule has 0 saturated heterocycles. The molecule has 4 rings (SSSR count). The first-order valence-electron chi connectivity index (χ1n) is 9.42. The summed E-state index contributed by atoms with van der Waals surface area (Å²) in [5, 5.41) is 10.8. The van der Waals surface area contributed by atoms with E-state index in [-0.39, 0.29) is 11.9 Å². The van der Waals surface area contributed by atoms with Crippen LogP contribution in [0.25, 0.3) is 0 Å². The van der Waals surface area contributed by atoms with Gasteiger partial charge in [0, 0.05) is 43.4 Å². The van der Waals surface area contributed by atoms with Gasteiger partial charge in [-0.1, -0.05) is 31.2 Å². The number of H-pyrrole nitrogens is 1. The third-order valence-electron chi connectivity index (χ3n) is 5.50. The van der Waals surface area contributed by atoms with Gasteiger partial charge in [-0.2, -0.15) is 5.10 Å². The Morgan fingerprint density at radius 1 is 1.28 bits per heavy atom. The van der Waals surface area contributed by atoms with Gasteiger partial charge in [0.2, 0.25) is 0 Å². The van der Waals surface area contributed by atoms with Crippen LogP contribution in [0, 0.1) is 0 Å². The monoisotopic (exact) mass is 338 g/mol. The maximum atomic E-state index is 13.3. The molecule has 5 nitrogen and oxygen atoms in total. The van der Waals surface area contributed by atoms with E-state index in [1.54, 1.807) is 0 Å². The van der Waals surface area contributed by atoms with Crippen molar-refractivity contribution in [2.75, 3.05) is 13.1 Å². The second-order valence-electron chi connectivity index (χ2n) is 7.12. The van der Waals surface area contributed by atoms with E-state index in [0.717, 1.165) is 63.0 Å². The number of hydrogen-bond acceptors (Lipinski definition) is 3. The van der Waals surface area contributed by atoms with Crippen molar-refractivity contribution in [3.63, 3.8) is 0 Å². The molecular formula is C20H26N4O. The molecule has 1 aromatic carbocycles. The predicted molar refractivity (Wildman–Crippen MR) is 97.6 cm³/mol. The van der Waals surface area contributed by atoms with Crippen LogP contribution < -0.4 is 5.32 Å². The van der Waals surface area contributed by atoms with Crippen molar-refractivity contribution in [3.8, 4) is 0 Å². The van der Waals surface area contributed by atoms with Gasteiger partial charge in [-0.05, 0) is 36.8 Å². The molecule has 1 amide bonds. The third kappa shape index (κ3) is 3.09. The highest BCUT2D eigenvalue weighted by Crippen LogP contribution is 2.26. The fourth-order valence-electron chi connectivity index (χ4n) is 4.17. The molecule has 0 radical (unpaired) electrons. The fraction of sp³-hybridized carbons (Fsp3) is 0.500. The number of aryl methyl sites for hydroxylation is 1. The van der Waals surface area contributed by atoms with Crippen LogP contribution >= 0.6 is 0 Å². The van der Waals surface area contributed by atoms with Crippen molar-refractivity contribution in [2.45, 2.75) is 51.6 Å². The fourth-order valence-corrected chi connectivity index (χ4v) is 4.17. The average molecular weight is 338 g/mol. The molecule has 1 aliphatic heterocycles. The van der Waals surface area contributed by atoms with Crippen LogP contribution in [0.2, 0.25) is 0 Å². The first kappa shape index (κ1) is 16.3. The number of fused-ring (bicyclic) bond motifs is 2.